The van der Waals surface area contributed by atoms with Crippen molar-refractivity contribution in [1.29, 1.82) is 0 Å². The minimum absolute atomic E-state index is 0.170. The van der Waals surface area contributed by atoms with Gasteiger partial charge in [-0.2, -0.15) is 0 Å². The molecule has 86 valence electrons. The van der Waals surface area contributed by atoms with Crippen LogP contribution >= 0.6 is 22.6 Å². The first-order valence-electron chi connectivity index (χ1n) is 4.93. The van der Waals surface area contributed by atoms with E-state index in [0.29, 0.717) is 13.2 Å². The molecule has 1 amide bonds. The average Bonchev–Trinajstić information content (AvgIpc) is 2.61. The number of anilines is 1. The number of cyclic esters (lactones) is 1. The molecule has 5 heteroatoms. The molecule has 1 aliphatic heterocycles. The quantitative estimate of drug-likeness (QED) is 0.797. The molecule has 0 spiro atoms. The van der Waals surface area contributed by atoms with Crippen LogP contribution in [0.3, 0.4) is 0 Å². The normalized spacial score (nSPS) is 20.0. The maximum atomic E-state index is 11.6. The van der Waals surface area contributed by atoms with E-state index in [4.69, 9.17) is 9.47 Å². The maximum Gasteiger partial charge on any atom is 0.414 e. The minimum atomic E-state index is -0.303. The summed E-state index contributed by atoms with van der Waals surface area (Å²) in [6.45, 7) is 0.986. The van der Waals surface area contributed by atoms with Crippen LogP contribution in [0.25, 0.3) is 0 Å². The summed E-state index contributed by atoms with van der Waals surface area (Å²) in [5, 5.41) is 0. The van der Waals surface area contributed by atoms with Crippen LogP contribution in [-0.2, 0) is 9.47 Å². The van der Waals surface area contributed by atoms with Gasteiger partial charge in [-0.25, -0.2) is 4.79 Å². The Morgan fingerprint density at radius 2 is 2.19 bits per heavy atom. The number of rotatable bonds is 3. The second-order valence-electron chi connectivity index (χ2n) is 3.55. The molecule has 1 atom stereocenters. The van der Waals surface area contributed by atoms with E-state index in [1.165, 1.54) is 0 Å². The fourth-order valence-corrected chi connectivity index (χ4v) is 1.99. The Bertz CT molecular complexity index is 379. The third-order valence-electron chi connectivity index (χ3n) is 2.36. The van der Waals surface area contributed by atoms with E-state index >= 15 is 0 Å². The molecule has 1 aromatic carbocycles. The van der Waals surface area contributed by atoms with Crippen LogP contribution in [0, 0.1) is 3.57 Å². The molecule has 0 unspecified atom stereocenters. The molecular weight excluding hydrogens is 321 g/mol. The van der Waals surface area contributed by atoms with Gasteiger partial charge in [0.2, 0.25) is 0 Å². The van der Waals surface area contributed by atoms with Gasteiger partial charge in [-0.3, -0.25) is 4.90 Å². The molecule has 0 saturated carbocycles. The molecule has 0 aromatic heterocycles. The summed E-state index contributed by atoms with van der Waals surface area (Å²) in [5.41, 5.74) is 0.865. The van der Waals surface area contributed by atoms with Crippen molar-refractivity contribution in [2.45, 2.75) is 6.10 Å². The summed E-state index contributed by atoms with van der Waals surface area (Å²) >= 11 is 2.23. The Morgan fingerprint density at radius 3 is 2.81 bits per heavy atom. The molecule has 0 bridgehead atoms. The zero-order valence-corrected chi connectivity index (χ0v) is 11.0. The number of hydrogen-bond donors (Lipinski definition) is 0. The van der Waals surface area contributed by atoms with Gasteiger partial charge < -0.3 is 9.47 Å². The zero-order valence-electron chi connectivity index (χ0n) is 8.85. The number of halogens is 1. The lowest BCUT2D eigenvalue weighted by molar-refractivity contribution is 0.0718. The van der Waals surface area contributed by atoms with E-state index in [0.717, 1.165) is 9.26 Å². The number of benzene rings is 1. The van der Waals surface area contributed by atoms with Crippen molar-refractivity contribution in [2.75, 3.05) is 25.2 Å². The lowest BCUT2D eigenvalue weighted by Crippen LogP contribution is -2.25. The topological polar surface area (TPSA) is 38.8 Å². The Kier molecular flexibility index (Phi) is 3.65. The van der Waals surface area contributed by atoms with Gasteiger partial charge in [0.05, 0.1) is 13.2 Å². The fourth-order valence-electron chi connectivity index (χ4n) is 1.63. The van der Waals surface area contributed by atoms with Crippen LogP contribution in [0.15, 0.2) is 24.3 Å². The first kappa shape index (κ1) is 11.7. The number of carbonyl (C=O) groups excluding carboxylic acids is 1. The predicted molar refractivity (Wildman–Crippen MR) is 68.7 cm³/mol. The number of amides is 1. The molecule has 0 radical (unpaired) electrons. The van der Waals surface area contributed by atoms with Crippen molar-refractivity contribution < 1.29 is 14.3 Å². The minimum Gasteiger partial charge on any atom is -0.441 e. The lowest BCUT2D eigenvalue weighted by Gasteiger charge is -2.12. The highest BCUT2D eigenvalue weighted by Crippen LogP contribution is 2.22. The van der Waals surface area contributed by atoms with E-state index in [-0.39, 0.29) is 12.2 Å². The second kappa shape index (κ2) is 5.01. The molecule has 1 aliphatic rings. The summed E-state index contributed by atoms with van der Waals surface area (Å²) in [7, 11) is 1.60. The molecule has 0 N–H and O–H groups in total. The summed E-state index contributed by atoms with van der Waals surface area (Å²) in [5.74, 6) is 0. The largest absolute Gasteiger partial charge is 0.441 e. The van der Waals surface area contributed by atoms with Crippen molar-refractivity contribution in [3.63, 3.8) is 0 Å². The molecule has 16 heavy (non-hydrogen) atoms. The third kappa shape index (κ3) is 2.46. The van der Waals surface area contributed by atoms with Gasteiger partial charge in [0.15, 0.2) is 0 Å². The third-order valence-corrected chi connectivity index (χ3v) is 3.08. The molecule has 1 saturated heterocycles. The van der Waals surface area contributed by atoms with Crippen LogP contribution in [0.1, 0.15) is 0 Å². The number of hydrogen-bond acceptors (Lipinski definition) is 3. The lowest BCUT2D eigenvalue weighted by atomic mass is 10.3. The SMILES string of the molecule is COC[C@@H]1CN(c2ccc(I)cc2)C(=O)O1. The summed E-state index contributed by atoms with van der Waals surface area (Å²) in [6, 6.07) is 7.76. The van der Waals surface area contributed by atoms with Crippen molar-refractivity contribution in [2.24, 2.45) is 0 Å². The van der Waals surface area contributed by atoms with E-state index in [9.17, 15) is 4.79 Å². The van der Waals surface area contributed by atoms with E-state index in [2.05, 4.69) is 22.6 Å². The highest BCUT2D eigenvalue weighted by molar-refractivity contribution is 14.1. The van der Waals surface area contributed by atoms with E-state index in [1.807, 2.05) is 24.3 Å². The summed E-state index contributed by atoms with van der Waals surface area (Å²) < 4.78 is 11.3. The van der Waals surface area contributed by atoms with Gasteiger partial charge in [0.25, 0.3) is 0 Å². The number of methoxy groups -OCH3 is 1. The molecule has 1 heterocycles. The zero-order chi connectivity index (χ0) is 11.5. The molecule has 2 rings (SSSR count). The Hall–Kier alpha value is -0.820. The highest BCUT2D eigenvalue weighted by Gasteiger charge is 2.31. The molecule has 1 fully saturated rings. The van der Waals surface area contributed by atoms with Gasteiger partial charge >= 0.3 is 6.09 Å². The standard InChI is InChI=1S/C11H12INO3/c1-15-7-10-6-13(11(14)16-10)9-4-2-8(12)3-5-9/h2-5,10H,6-7H2,1H3/t10-/m0/s1. The Morgan fingerprint density at radius 1 is 1.50 bits per heavy atom. The van der Waals surface area contributed by atoms with Crippen molar-refractivity contribution in [3.05, 3.63) is 27.8 Å². The van der Waals surface area contributed by atoms with Crippen LogP contribution in [0.4, 0.5) is 10.5 Å². The van der Waals surface area contributed by atoms with E-state index in [1.54, 1.807) is 12.0 Å². The van der Waals surface area contributed by atoms with Crippen LogP contribution in [-0.4, -0.2) is 32.5 Å². The van der Waals surface area contributed by atoms with Crippen molar-refractivity contribution in [3.8, 4) is 0 Å². The van der Waals surface area contributed by atoms with Gasteiger partial charge in [-0.1, -0.05) is 0 Å². The molecular formula is C11H12INO3. The molecule has 0 aliphatic carbocycles. The van der Waals surface area contributed by atoms with Crippen molar-refractivity contribution >= 4 is 34.4 Å². The molecule has 4 nitrogen and oxygen atoms in total. The highest BCUT2D eigenvalue weighted by atomic mass is 127. The molecule has 1 aromatic rings. The van der Waals surface area contributed by atoms with E-state index < -0.39 is 0 Å². The predicted octanol–water partition coefficient (Wildman–Crippen LogP) is 2.26. The fraction of sp³-hybridized carbons (Fsp3) is 0.364. The summed E-state index contributed by atoms with van der Waals surface area (Å²) in [4.78, 5) is 13.2. The monoisotopic (exact) mass is 333 g/mol. The second-order valence-corrected chi connectivity index (χ2v) is 4.79. The summed E-state index contributed by atoms with van der Waals surface area (Å²) in [6.07, 6.45) is -0.472. The van der Waals surface area contributed by atoms with Crippen LogP contribution < -0.4 is 4.90 Å². The van der Waals surface area contributed by atoms with Crippen LogP contribution in [0.2, 0.25) is 0 Å². The smallest absolute Gasteiger partial charge is 0.414 e. The number of carbonyl (C=O) groups is 1. The first-order chi connectivity index (χ1) is 7.70. The Labute approximate surface area is 108 Å². The van der Waals surface area contributed by atoms with Gasteiger partial charge in [0, 0.05) is 16.4 Å². The van der Waals surface area contributed by atoms with Gasteiger partial charge in [0.1, 0.15) is 6.10 Å². The number of ether oxygens (including phenoxy) is 2. The maximum absolute atomic E-state index is 11.6. The van der Waals surface area contributed by atoms with Crippen LogP contribution in [0.5, 0.6) is 0 Å². The van der Waals surface area contributed by atoms with Gasteiger partial charge in [-0.05, 0) is 46.9 Å². The first-order valence-corrected chi connectivity index (χ1v) is 6.01. The van der Waals surface area contributed by atoms with Crippen molar-refractivity contribution in [1.82, 2.24) is 0 Å². The number of nitrogens with zero attached hydrogens (tertiary/aromatic N) is 1. The Balaban J connectivity index is 2.10. The van der Waals surface area contributed by atoms with Gasteiger partial charge in [-0.15, -0.1) is 0 Å². The average molecular weight is 333 g/mol.